The van der Waals surface area contributed by atoms with Crippen LogP contribution >= 0.6 is 12.6 Å². The fourth-order valence-electron chi connectivity index (χ4n) is 1.72. The average Bonchev–Trinajstić information content (AvgIpc) is 2.38. The molecule has 0 aromatic heterocycles. The third-order valence-electron chi connectivity index (χ3n) is 2.63. The summed E-state index contributed by atoms with van der Waals surface area (Å²) in [5.41, 5.74) is 0.277. The van der Waals surface area contributed by atoms with Crippen LogP contribution < -0.4 is 0 Å². The van der Waals surface area contributed by atoms with Gasteiger partial charge in [0.1, 0.15) is 5.75 Å². The predicted molar refractivity (Wildman–Crippen MR) is 72.2 cm³/mol. The molecule has 0 aliphatic heterocycles. The van der Waals surface area contributed by atoms with E-state index in [2.05, 4.69) is 12.6 Å². The van der Waals surface area contributed by atoms with Crippen molar-refractivity contribution in [3.05, 3.63) is 59.2 Å². The number of carboxylic acids is 1. The zero-order valence-electron chi connectivity index (χ0n) is 9.70. The third kappa shape index (κ3) is 2.61. The van der Waals surface area contributed by atoms with Gasteiger partial charge in [-0.05, 0) is 24.3 Å². The summed E-state index contributed by atoms with van der Waals surface area (Å²) in [7, 11) is 0. The van der Waals surface area contributed by atoms with Crippen LogP contribution in [0.15, 0.2) is 47.4 Å². The fourth-order valence-corrected chi connectivity index (χ4v) is 2.03. The van der Waals surface area contributed by atoms with Crippen LogP contribution in [0.1, 0.15) is 26.3 Å². The molecule has 0 unspecified atom stereocenters. The first-order valence-corrected chi connectivity index (χ1v) is 5.84. The number of carbonyl (C=O) groups excluding carboxylic acids is 1. The van der Waals surface area contributed by atoms with Gasteiger partial charge in [0.05, 0.1) is 5.56 Å². The minimum Gasteiger partial charge on any atom is -0.508 e. The van der Waals surface area contributed by atoms with Gasteiger partial charge in [-0.25, -0.2) is 4.79 Å². The van der Waals surface area contributed by atoms with Crippen LogP contribution in [0.25, 0.3) is 0 Å². The van der Waals surface area contributed by atoms with Gasteiger partial charge >= 0.3 is 5.97 Å². The van der Waals surface area contributed by atoms with E-state index in [1.165, 1.54) is 30.3 Å². The Morgan fingerprint density at radius 3 is 2.16 bits per heavy atom. The van der Waals surface area contributed by atoms with Gasteiger partial charge in [-0.2, -0.15) is 0 Å². The summed E-state index contributed by atoms with van der Waals surface area (Å²) in [6.45, 7) is 0. The number of ketones is 1. The molecule has 4 nitrogen and oxygen atoms in total. The number of hydrogen-bond donors (Lipinski definition) is 3. The first kappa shape index (κ1) is 13.2. The summed E-state index contributed by atoms with van der Waals surface area (Å²) >= 11 is 4.11. The average molecular weight is 274 g/mol. The van der Waals surface area contributed by atoms with E-state index in [1.807, 2.05) is 0 Å². The van der Waals surface area contributed by atoms with Crippen LogP contribution in [-0.2, 0) is 0 Å². The van der Waals surface area contributed by atoms with Crippen molar-refractivity contribution in [2.45, 2.75) is 4.90 Å². The highest BCUT2D eigenvalue weighted by Crippen LogP contribution is 2.23. The number of phenolic OH excluding ortho intramolecular Hbond substituents is 1. The monoisotopic (exact) mass is 274 g/mol. The zero-order chi connectivity index (χ0) is 14.0. The Balaban J connectivity index is 2.53. The van der Waals surface area contributed by atoms with Crippen molar-refractivity contribution in [3.8, 4) is 5.75 Å². The molecule has 2 N–H and O–H groups in total. The molecule has 2 aromatic carbocycles. The van der Waals surface area contributed by atoms with Crippen molar-refractivity contribution in [2.75, 3.05) is 0 Å². The van der Waals surface area contributed by atoms with Gasteiger partial charge in [0, 0.05) is 16.0 Å². The van der Waals surface area contributed by atoms with Gasteiger partial charge in [0.2, 0.25) is 0 Å². The lowest BCUT2D eigenvalue weighted by molar-refractivity contribution is 0.0692. The molecule has 0 heterocycles. The number of carboxylic acid groups (broad SMARTS) is 1. The summed E-state index contributed by atoms with van der Waals surface area (Å²) in [5, 5.41) is 18.3. The molecule has 0 atom stereocenters. The maximum Gasteiger partial charge on any atom is 0.336 e. The first-order valence-electron chi connectivity index (χ1n) is 5.39. The van der Waals surface area contributed by atoms with Gasteiger partial charge in [-0.15, -0.1) is 12.6 Å². The molecule has 0 amide bonds. The lowest BCUT2D eigenvalue weighted by atomic mass is 9.98. The van der Waals surface area contributed by atoms with E-state index in [1.54, 1.807) is 12.1 Å². The Bertz CT molecular complexity index is 664. The van der Waals surface area contributed by atoms with E-state index in [-0.39, 0.29) is 22.4 Å². The number of carbonyl (C=O) groups is 2. The van der Waals surface area contributed by atoms with Crippen molar-refractivity contribution < 1.29 is 19.8 Å². The maximum absolute atomic E-state index is 12.3. The molecule has 2 aromatic rings. The number of benzene rings is 2. The number of phenols is 1. The maximum atomic E-state index is 12.3. The lowest BCUT2D eigenvalue weighted by Gasteiger charge is -2.07. The molecule has 0 saturated heterocycles. The standard InChI is InChI=1S/C14H10O4S/c15-8-5-6-11(12(19)7-8)13(16)9-3-1-2-4-10(9)14(17)18/h1-7,15,19H,(H,17,18). The molecule has 0 aliphatic carbocycles. The number of hydrogen-bond acceptors (Lipinski definition) is 4. The molecule has 5 heteroatoms. The minimum absolute atomic E-state index is 0.00642. The number of rotatable bonds is 3. The normalized spacial score (nSPS) is 10.2. The number of thiol groups is 1. The number of aromatic hydroxyl groups is 1. The predicted octanol–water partition coefficient (Wildman–Crippen LogP) is 2.61. The number of aromatic carboxylic acids is 1. The molecule has 2 rings (SSSR count). The van der Waals surface area contributed by atoms with Gasteiger partial charge in [-0.3, -0.25) is 4.79 Å². The van der Waals surface area contributed by atoms with Crippen molar-refractivity contribution in [1.29, 1.82) is 0 Å². The van der Waals surface area contributed by atoms with E-state index >= 15 is 0 Å². The molecule has 0 fully saturated rings. The molecular weight excluding hydrogens is 264 g/mol. The second-order valence-corrected chi connectivity index (χ2v) is 4.36. The van der Waals surface area contributed by atoms with E-state index in [9.17, 15) is 14.7 Å². The highest BCUT2D eigenvalue weighted by Gasteiger charge is 2.19. The molecule has 96 valence electrons. The summed E-state index contributed by atoms with van der Waals surface area (Å²) in [4.78, 5) is 23.7. The van der Waals surface area contributed by atoms with Crippen LogP contribution in [0.3, 0.4) is 0 Å². The minimum atomic E-state index is -1.16. The molecule has 19 heavy (non-hydrogen) atoms. The highest BCUT2D eigenvalue weighted by atomic mass is 32.1. The van der Waals surface area contributed by atoms with E-state index in [0.717, 1.165) is 0 Å². The molecule has 0 saturated carbocycles. The summed E-state index contributed by atoms with van der Waals surface area (Å²) < 4.78 is 0. The van der Waals surface area contributed by atoms with E-state index in [0.29, 0.717) is 4.90 Å². The van der Waals surface area contributed by atoms with Crippen molar-refractivity contribution >= 4 is 24.4 Å². The van der Waals surface area contributed by atoms with Crippen LogP contribution in [-0.4, -0.2) is 22.0 Å². The Hall–Kier alpha value is -2.27. The SMILES string of the molecule is O=C(O)c1ccccc1C(=O)c1ccc(O)cc1S. The summed E-state index contributed by atoms with van der Waals surface area (Å²) in [6, 6.07) is 10.1. The van der Waals surface area contributed by atoms with E-state index < -0.39 is 11.8 Å². The Morgan fingerprint density at radius 2 is 1.58 bits per heavy atom. The molecule has 0 radical (unpaired) electrons. The van der Waals surface area contributed by atoms with Crippen LogP contribution in [0.5, 0.6) is 5.75 Å². The van der Waals surface area contributed by atoms with Crippen molar-refractivity contribution in [3.63, 3.8) is 0 Å². The van der Waals surface area contributed by atoms with Crippen molar-refractivity contribution in [2.24, 2.45) is 0 Å². The molecule has 0 spiro atoms. The quantitative estimate of drug-likeness (QED) is 0.594. The third-order valence-corrected chi connectivity index (χ3v) is 3.00. The van der Waals surface area contributed by atoms with Crippen LogP contribution in [0.4, 0.5) is 0 Å². The fraction of sp³-hybridized carbons (Fsp3) is 0. The largest absolute Gasteiger partial charge is 0.508 e. The molecule has 0 aliphatic rings. The topological polar surface area (TPSA) is 74.6 Å². The summed E-state index contributed by atoms with van der Waals surface area (Å²) in [5.74, 6) is -1.61. The smallest absolute Gasteiger partial charge is 0.336 e. The summed E-state index contributed by atoms with van der Waals surface area (Å²) in [6.07, 6.45) is 0. The highest BCUT2D eigenvalue weighted by molar-refractivity contribution is 7.80. The Kier molecular flexibility index (Phi) is 3.57. The Morgan fingerprint density at radius 1 is 0.947 bits per heavy atom. The second-order valence-electron chi connectivity index (χ2n) is 3.88. The lowest BCUT2D eigenvalue weighted by Crippen LogP contribution is -2.10. The van der Waals surface area contributed by atoms with Gasteiger partial charge in [-0.1, -0.05) is 18.2 Å². The first-order chi connectivity index (χ1) is 9.00. The Labute approximate surface area is 114 Å². The molecular formula is C14H10O4S. The van der Waals surface area contributed by atoms with Crippen molar-refractivity contribution in [1.82, 2.24) is 0 Å². The second kappa shape index (κ2) is 5.16. The van der Waals surface area contributed by atoms with Crippen LogP contribution in [0.2, 0.25) is 0 Å². The van der Waals surface area contributed by atoms with E-state index in [4.69, 9.17) is 5.11 Å². The zero-order valence-corrected chi connectivity index (χ0v) is 10.6. The van der Waals surface area contributed by atoms with Crippen LogP contribution in [0, 0.1) is 0 Å². The van der Waals surface area contributed by atoms with Gasteiger partial charge in [0.25, 0.3) is 0 Å². The van der Waals surface area contributed by atoms with Gasteiger partial charge < -0.3 is 10.2 Å². The van der Waals surface area contributed by atoms with Gasteiger partial charge in [0.15, 0.2) is 5.78 Å². The molecule has 0 bridgehead atoms.